The van der Waals surface area contributed by atoms with Crippen LogP contribution in [-0.4, -0.2) is 11.6 Å². The molecule has 0 saturated carbocycles. The number of nitrogens with zero attached hydrogens (tertiary/aromatic N) is 1. The van der Waals surface area contributed by atoms with Gasteiger partial charge in [0.15, 0.2) is 0 Å². The minimum atomic E-state index is 0.559. The number of anilines is 1. The van der Waals surface area contributed by atoms with Crippen molar-refractivity contribution in [1.82, 2.24) is 5.43 Å². The number of aliphatic imine (C=N–C) groups is 1. The molecule has 1 amide bonds. The SMILES string of the molecule is O=CNNc1ccc(N=C=S)cc1. The summed E-state index contributed by atoms with van der Waals surface area (Å²) in [5, 5.41) is 2.26. The Kier molecular flexibility index (Phi) is 3.63. The Bertz CT molecular complexity index is 330. The van der Waals surface area contributed by atoms with Gasteiger partial charge in [0.25, 0.3) is 0 Å². The molecule has 1 aromatic carbocycles. The van der Waals surface area contributed by atoms with Gasteiger partial charge in [-0.1, -0.05) is 0 Å². The Hall–Kier alpha value is -1.71. The van der Waals surface area contributed by atoms with Crippen LogP contribution in [0, 0.1) is 0 Å². The van der Waals surface area contributed by atoms with Gasteiger partial charge in [0.05, 0.1) is 16.5 Å². The van der Waals surface area contributed by atoms with Gasteiger partial charge in [0.2, 0.25) is 6.41 Å². The number of carbonyl (C=O) groups excluding carboxylic acids is 1. The fourth-order valence-electron chi connectivity index (χ4n) is 0.785. The van der Waals surface area contributed by atoms with E-state index in [0.29, 0.717) is 6.41 Å². The average Bonchev–Trinajstić information content (AvgIpc) is 2.17. The van der Waals surface area contributed by atoms with Gasteiger partial charge in [-0.15, -0.1) is 0 Å². The highest BCUT2D eigenvalue weighted by Gasteiger charge is 1.90. The fourth-order valence-corrected chi connectivity index (χ4v) is 0.890. The molecule has 0 aliphatic rings. The first-order valence-electron chi connectivity index (χ1n) is 3.50. The third-order valence-corrected chi connectivity index (χ3v) is 1.41. The van der Waals surface area contributed by atoms with E-state index in [4.69, 9.17) is 0 Å². The minimum Gasteiger partial charge on any atom is -0.299 e. The number of hydrazine groups is 1. The van der Waals surface area contributed by atoms with E-state index < -0.39 is 0 Å². The van der Waals surface area contributed by atoms with Crippen LogP contribution in [0.3, 0.4) is 0 Å². The van der Waals surface area contributed by atoms with Gasteiger partial charge in [-0.3, -0.25) is 15.6 Å². The second-order valence-electron chi connectivity index (χ2n) is 2.14. The zero-order valence-corrected chi connectivity index (χ0v) is 7.47. The van der Waals surface area contributed by atoms with Gasteiger partial charge < -0.3 is 0 Å². The summed E-state index contributed by atoms with van der Waals surface area (Å²) in [5.41, 5.74) is 6.48. The maximum atomic E-state index is 9.93. The lowest BCUT2D eigenvalue weighted by Crippen LogP contribution is -2.18. The van der Waals surface area contributed by atoms with E-state index in [0.717, 1.165) is 11.4 Å². The van der Waals surface area contributed by atoms with E-state index in [9.17, 15) is 4.79 Å². The van der Waals surface area contributed by atoms with Crippen LogP contribution in [0.4, 0.5) is 11.4 Å². The van der Waals surface area contributed by atoms with Crippen LogP contribution >= 0.6 is 12.2 Å². The summed E-state index contributed by atoms with van der Waals surface area (Å²) in [6.45, 7) is 0. The molecule has 0 radical (unpaired) electrons. The Morgan fingerprint density at radius 3 is 2.62 bits per heavy atom. The standard InChI is InChI=1S/C8H7N3OS/c12-5-10-11-8-3-1-7(2-4-8)9-6-13/h1-5,11H,(H,10,12). The first-order chi connectivity index (χ1) is 6.36. The maximum absolute atomic E-state index is 9.93. The molecule has 2 N–H and O–H groups in total. The summed E-state index contributed by atoms with van der Waals surface area (Å²) in [7, 11) is 0. The number of benzene rings is 1. The summed E-state index contributed by atoms with van der Waals surface area (Å²) < 4.78 is 0. The second-order valence-corrected chi connectivity index (χ2v) is 2.32. The average molecular weight is 193 g/mol. The van der Waals surface area contributed by atoms with E-state index in [1.165, 1.54) is 0 Å². The topological polar surface area (TPSA) is 53.5 Å². The molecule has 0 bridgehead atoms. The van der Waals surface area contributed by atoms with E-state index in [1.54, 1.807) is 24.3 Å². The monoisotopic (exact) mass is 193 g/mol. The van der Waals surface area contributed by atoms with Crippen molar-refractivity contribution >= 4 is 35.2 Å². The first-order valence-corrected chi connectivity index (χ1v) is 3.91. The zero-order chi connectivity index (χ0) is 9.52. The van der Waals surface area contributed by atoms with Crippen molar-refractivity contribution in [3.8, 4) is 0 Å². The smallest absolute Gasteiger partial charge is 0.225 e. The van der Waals surface area contributed by atoms with Crippen LogP contribution in [0.25, 0.3) is 0 Å². The molecule has 0 unspecified atom stereocenters. The van der Waals surface area contributed by atoms with Crippen LogP contribution in [-0.2, 0) is 4.79 Å². The Morgan fingerprint density at radius 1 is 1.38 bits per heavy atom. The molecule has 0 fully saturated rings. The van der Waals surface area contributed by atoms with E-state index in [2.05, 4.69) is 33.2 Å². The Labute approximate surface area is 80.6 Å². The summed E-state index contributed by atoms with van der Waals surface area (Å²) in [6.07, 6.45) is 0.559. The third-order valence-electron chi connectivity index (χ3n) is 1.32. The minimum absolute atomic E-state index is 0.559. The largest absolute Gasteiger partial charge is 0.299 e. The third kappa shape index (κ3) is 3.02. The second kappa shape index (κ2) is 5.03. The molecule has 13 heavy (non-hydrogen) atoms. The van der Waals surface area contributed by atoms with Crippen molar-refractivity contribution in [3.63, 3.8) is 0 Å². The number of hydrogen-bond donors (Lipinski definition) is 2. The zero-order valence-electron chi connectivity index (χ0n) is 6.65. The van der Waals surface area contributed by atoms with Crippen molar-refractivity contribution in [2.45, 2.75) is 0 Å². The molecule has 0 heterocycles. The van der Waals surface area contributed by atoms with Crippen molar-refractivity contribution in [1.29, 1.82) is 0 Å². The van der Waals surface area contributed by atoms with Crippen molar-refractivity contribution in [3.05, 3.63) is 24.3 Å². The number of nitrogens with one attached hydrogen (secondary N) is 2. The number of thiocarbonyl (C=S) groups is 1. The molecule has 1 rings (SSSR count). The van der Waals surface area contributed by atoms with Crippen LogP contribution < -0.4 is 10.9 Å². The van der Waals surface area contributed by atoms with Crippen molar-refractivity contribution in [2.75, 3.05) is 5.43 Å². The lowest BCUT2D eigenvalue weighted by atomic mass is 10.3. The lowest BCUT2D eigenvalue weighted by Gasteiger charge is -2.02. The summed E-state index contributed by atoms with van der Waals surface area (Å²) in [6, 6.07) is 7.05. The van der Waals surface area contributed by atoms with E-state index >= 15 is 0 Å². The van der Waals surface area contributed by atoms with E-state index in [-0.39, 0.29) is 0 Å². The Morgan fingerprint density at radius 2 is 2.08 bits per heavy atom. The highest BCUT2D eigenvalue weighted by atomic mass is 32.1. The van der Waals surface area contributed by atoms with Gasteiger partial charge in [-0.05, 0) is 36.5 Å². The molecule has 0 aliphatic carbocycles. The number of hydrogen-bond acceptors (Lipinski definition) is 4. The predicted octanol–water partition coefficient (Wildman–Crippen LogP) is 1.49. The van der Waals surface area contributed by atoms with Crippen LogP contribution in [0.1, 0.15) is 0 Å². The molecule has 1 aromatic rings. The van der Waals surface area contributed by atoms with Gasteiger partial charge >= 0.3 is 0 Å². The van der Waals surface area contributed by atoms with Gasteiger partial charge in [-0.25, -0.2) is 0 Å². The highest BCUT2D eigenvalue weighted by Crippen LogP contribution is 2.14. The van der Waals surface area contributed by atoms with Gasteiger partial charge in [0.1, 0.15) is 0 Å². The van der Waals surface area contributed by atoms with Gasteiger partial charge in [-0.2, -0.15) is 4.99 Å². The molecule has 66 valence electrons. The van der Waals surface area contributed by atoms with Crippen molar-refractivity contribution in [2.24, 2.45) is 4.99 Å². The van der Waals surface area contributed by atoms with E-state index in [1.807, 2.05) is 0 Å². The van der Waals surface area contributed by atoms with Crippen LogP contribution in [0.15, 0.2) is 29.3 Å². The molecule has 0 aliphatic heterocycles. The number of isothiocyanates is 1. The molecule has 0 spiro atoms. The Balaban J connectivity index is 2.68. The summed E-state index contributed by atoms with van der Waals surface area (Å²) in [5.74, 6) is 0. The molecule has 5 heteroatoms. The molecule has 0 aromatic heterocycles. The molecule has 0 saturated heterocycles. The lowest BCUT2D eigenvalue weighted by molar-refractivity contribution is -0.109. The predicted molar refractivity (Wildman–Crippen MR) is 54.0 cm³/mol. The maximum Gasteiger partial charge on any atom is 0.225 e. The number of amides is 1. The number of carbonyl (C=O) groups is 1. The summed E-state index contributed by atoms with van der Waals surface area (Å²) >= 11 is 4.45. The van der Waals surface area contributed by atoms with Crippen LogP contribution in [0.5, 0.6) is 0 Å². The normalized spacial score (nSPS) is 8.31. The van der Waals surface area contributed by atoms with Crippen LogP contribution in [0.2, 0.25) is 0 Å². The molecule has 0 atom stereocenters. The quantitative estimate of drug-likeness (QED) is 0.330. The molecular weight excluding hydrogens is 186 g/mol. The highest BCUT2D eigenvalue weighted by molar-refractivity contribution is 7.78. The fraction of sp³-hybridized carbons (Fsp3) is 0. The first kappa shape index (κ1) is 9.38. The number of rotatable bonds is 4. The molecule has 4 nitrogen and oxygen atoms in total. The van der Waals surface area contributed by atoms with Gasteiger partial charge in [0, 0.05) is 0 Å². The molecular formula is C8H7N3OS. The summed E-state index contributed by atoms with van der Waals surface area (Å²) in [4.78, 5) is 13.7. The van der Waals surface area contributed by atoms with Crippen molar-refractivity contribution < 1.29 is 4.79 Å².